The van der Waals surface area contributed by atoms with Crippen LogP contribution >= 0.6 is 0 Å². The van der Waals surface area contributed by atoms with Crippen molar-refractivity contribution in [3.8, 4) is 0 Å². The lowest BCUT2D eigenvalue weighted by Gasteiger charge is -2.09. The van der Waals surface area contributed by atoms with Gasteiger partial charge in [-0.2, -0.15) is 0 Å². The van der Waals surface area contributed by atoms with Gasteiger partial charge in [0.25, 0.3) is 0 Å². The van der Waals surface area contributed by atoms with E-state index in [-0.39, 0.29) is 5.91 Å². The summed E-state index contributed by atoms with van der Waals surface area (Å²) in [6, 6.07) is 0. The lowest BCUT2D eigenvalue weighted by atomic mass is 10.2. The fraction of sp³-hybridized carbons (Fsp3) is 0.455. The Morgan fingerprint density at radius 1 is 1.60 bits per heavy atom. The molecule has 4 nitrogen and oxygen atoms in total. The number of hydrogen-bond donors (Lipinski definition) is 1. The molecule has 0 aliphatic rings. The molecule has 1 rings (SSSR count). The van der Waals surface area contributed by atoms with E-state index in [4.69, 9.17) is 0 Å². The van der Waals surface area contributed by atoms with Crippen LogP contribution in [0.4, 0.5) is 0 Å². The minimum atomic E-state index is -0.0857. The number of aromatic nitrogens is 2. The third-order valence-electron chi connectivity index (χ3n) is 1.92. The zero-order valence-corrected chi connectivity index (χ0v) is 9.23. The normalized spacial score (nSPS) is 10.3. The van der Waals surface area contributed by atoms with Crippen molar-refractivity contribution in [2.75, 3.05) is 6.54 Å². The summed E-state index contributed by atoms with van der Waals surface area (Å²) in [4.78, 5) is 15.4. The van der Waals surface area contributed by atoms with Crippen molar-refractivity contribution < 1.29 is 4.79 Å². The molecule has 0 aromatic carbocycles. The predicted octanol–water partition coefficient (Wildman–Crippen LogP) is 1.21. The van der Waals surface area contributed by atoms with Crippen molar-refractivity contribution in [2.45, 2.75) is 20.4 Å². The summed E-state index contributed by atoms with van der Waals surface area (Å²) < 4.78 is 1.82. The molecular formula is C11H17N3O. The van der Waals surface area contributed by atoms with Crippen molar-refractivity contribution in [2.24, 2.45) is 5.92 Å². The number of hydrogen-bond acceptors (Lipinski definition) is 2. The molecular weight excluding hydrogens is 190 g/mol. The van der Waals surface area contributed by atoms with E-state index in [1.807, 2.05) is 4.57 Å². The van der Waals surface area contributed by atoms with Crippen LogP contribution < -0.4 is 5.32 Å². The highest BCUT2D eigenvalue weighted by Gasteiger charge is 2.07. The largest absolute Gasteiger partial charge is 0.352 e. The molecule has 1 N–H and O–H groups in total. The van der Waals surface area contributed by atoms with Gasteiger partial charge in [-0.05, 0) is 5.92 Å². The maximum Gasteiger partial charge on any atom is 0.248 e. The van der Waals surface area contributed by atoms with E-state index < -0.39 is 0 Å². The summed E-state index contributed by atoms with van der Waals surface area (Å²) >= 11 is 0. The van der Waals surface area contributed by atoms with E-state index in [1.165, 1.54) is 0 Å². The molecule has 0 saturated heterocycles. The first-order valence-electron chi connectivity index (χ1n) is 5.01. The third kappa shape index (κ3) is 3.97. The lowest BCUT2D eigenvalue weighted by Crippen LogP contribution is -2.29. The molecule has 1 heterocycles. The molecule has 82 valence electrons. The summed E-state index contributed by atoms with van der Waals surface area (Å²) in [5.74, 6) is 0.368. The first kappa shape index (κ1) is 11.5. The van der Waals surface area contributed by atoms with Gasteiger partial charge in [0.1, 0.15) is 0 Å². The Morgan fingerprint density at radius 2 is 2.33 bits per heavy atom. The fourth-order valence-corrected chi connectivity index (χ4v) is 1.09. The average molecular weight is 207 g/mol. The number of nitrogens with zero attached hydrogens (tertiary/aromatic N) is 2. The second-order valence-electron chi connectivity index (χ2n) is 3.94. The van der Waals surface area contributed by atoms with Crippen LogP contribution in [-0.2, 0) is 11.3 Å². The van der Waals surface area contributed by atoms with Crippen LogP contribution in [0.5, 0.6) is 0 Å². The standard InChI is InChI=1S/C11H17N3O/c1-9(2)6-13-11(15)10(3)7-14-5-4-12-8-14/h4-5,8-9H,3,6-7H2,1-2H3,(H,13,15). The molecule has 0 bridgehead atoms. The smallest absolute Gasteiger partial charge is 0.248 e. The summed E-state index contributed by atoms with van der Waals surface area (Å²) in [5, 5.41) is 2.82. The molecule has 0 radical (unpaired) electrons. The van der Waals surface area contributed by atoms with Gasteiger partial charge in [-0.1, -0.05) is 20.4 Å². The Morgan fingerprint density at radius 3 is 2.87 bits per heavy atom. The third-order valence-corrected chi connectivity index (χ3v) is 1.92. The zero-order valence-electron chi connectivity index (χ0n) is 9.23. The SMILES string of the molecule is C=C(Cn1ccnc1)C(=O)NCC(C)C. The molecule has 0 spiro atoms. The van der Waals surface area contributed by atoms with E-state index in [1.54, 1.807) is 18.7 Å². The van der Waals surface area contributed by atoms with Crippen molar-refractivity contribution in [1.82, 2.24) is 14.9 Å². The molecule has 1 amide bonds. The molecule has 0 aliphatic heterocycles. The van der Waals surface area contributed by atoms with Crippen LogP contribution in [0.1, 0.15) is 13.8 Å². The second-order valence-corrected chi connectivity index (χ2v) is 3.94. The van der Waals surface area contributed by atoms with Crippen LogP contribution in [0.15, 0.2) is 30.9 Å². The van der Waals surface area contributed by atoms with Crippen LogP contribution in [0, 0.1) is 5.92 Å². The Labute approximate surface area is 90.0 Å². The summed E-state index contributed by atoms with van der Waals surface area (Å²) in [7, 11) is 0. The Balaban J connectivity index is 2.37. The van der Waals surface area contributed by atoms with Gasteiger partial charge in [-0.3, -0.25) is 4.79 Å². The van der Waals surface area contributed by atoms with Gasteiger partial charge >= 0.3 is 0 Å². The average Bonchev–Trinajstić information content (AvgIpc) is 2.66. The van der Waals surface area contributed by atoms with E-state index in [2.05, 4.69) is 30.7 Å². The van der Waals surface area contributed by atoms with Crippen LogP contribution in [-0.4, -0.2) is 22.0 Å². The quantitative estimate of drug-likeness (QED) is 0.738. The van der Waals surface area contributed by atoms with Crippen molar-refractivity contribution >= 4 is 5.91 Å². The number of carbonyl (C=O) groups is 1. The van der Waals surface area contributed by atoms with Crippen molar-refractivity contribution in [3.63, 3.8) is 0 Å². The highest BCUT2D eigenvalue weighted by Crippen LogP contribution is 1.98. The lowest BCUT2D eigenvalue weighted by molar-refractivity contribution is -0.117. The van der Waals surface area contributed by atoms with E-state index in [0.717, 1.165) is 0 Å². The first-order chi connectivity index (χ1) is 7.09. The minimum Gasteiger partial charge on any atom is -0.352 e. The molecule has 1 aromatic heterocycles. The highest BCUT2D eigenvalue weighted by molar-refractivity contribution is 5.92. The van der Waals surface area contributed by atoms with E-state index >= 15 is 0 Å². The molecule has 1 aromatic rings. The molecule has 0 atom stereocenters. The summed E-state index contributed by atoms with van der Waals surface area (Å²) in [6.45, 7) is 9.03. The van der Waals surface area contributed by atoms with Gasteiger partial charge < -0.3 is 9.88 Å². The fourth-order valence-electron chi connectivity index (χ4n) is 1.09. The molecule has 4 heteroatoms. The zero-order chi connectivity index (χ0) is 11.3. The Hall–Kier alpha value is -1.58. The van der Waals surface area contributed by atoms with Crippen LogP contribution in [0.2, 0.25) is 0 Å². The Kier molecular flexibility index (Phi) is 4.09. The second kappa shape index (κ2) is 5.34. The maximum absolute atomic E-state index is 11.5. The number of amides is 1. The molecule has 15 heavy (non-hydrogen) atoms. The van der Waals surface area contributed by atoms with Crippen molar-refractivity contribution in [3.05, 3.63) is 30.9 Å². The van der Waals surface area contributed by atoms with Gasteiger partial charge in [0.05, 0.1) is 12.9 Å². The number of carbonyl (C=O) groups excluding carboxylic acids is 1. The van der Waals surface area contributed by atoms with E-state index in [0.29, 0.717) is 24.6 Å². The van der Waals surface area contributed by atoms with Gasteiger partial charge in [-0.15, -0.1) is 0 Å². The molecule has 0 fully saturated rings. The topological polar surface area (TPSA) is 46.9 Å². The van der Waals surface area contributed by atoms with Gasteiger partial charge in [0, 0.05) is 24.5 Å². The van der Waals surface area contributed by atoms with E-state index in [9.17, 15) is 4.79 Å². The van der Waals surface area contributed by atoms with Gasteiger partial charge in [0.15, 0.2) is 0 Å². The molecule has 0 unspecified atom stereocenters. The summed E-state index contributed by atoms with van der Waals surface area (Å²) in [5.41, 5.74) is 0.550. The maximum atomic E-state index is 11.5. The van der Waals surface area contributed by atoms with Gasteiger partial charge in [-0.25, -0.2) is 4.98 Å². The van der Waals surface area contributed by atoms with Gasteiger partial charge in [0.2, 0.25) is 5.91 Å². The molecule has 0 saturated carbocycles. The molecule has 0 aliphatic carbocycles. The minimum absolute atomic E-state index is 0.0857. The summed E-state index contributed by atoms with van der Waals surface area (Å²) in [6.07, 6.45) is 5.15. The predicted molar refractivity (Wildman–Crippen MR) is 59.2 cm³/mol. The number of nitrogens with one attached hydrogen (secondary N) is 1. The highest BCUT2D eigenvalue weighted by atomic mass is 16.1. The number of rotatable bonds is 5. The van der Waals surface area contributed by atoms with Crippen molar-refractivity contribution in [1.29, 1.82) is 0 Å². The van der Waals surface area contributed by atoms with Crippen LogP contribution in [0.3, 0.4) is 0 Å². The monoisotopic (exact) mass is 207 g/mol. The van der Waals surface area contributed by atoms with Crippen LogP contribution in [0.25, 0.3) is 0 Å². The first-order valence-corrected chi connectivity index (χ1v) is 5.01. The number of imidazole rings is 1. The Bertz CT molecular complexity index is 328.